The second kappa shape index (κ2) is 6.92. The van der Waals surface area contributed by atoms with Gasteiger partial charge in [0.05, 0.1) is 18.0 Å². The molecule has 10 heteroatoms. The van der Waals surface area contributed by atoms with Gasteiger partial charge in [0.1, 0.15) is 17.9 Å². The topological polar surface area (TPSA) is 155 Å². The number of nitro groups is 1. The molecule has 0 bridgehead atoms. The average molecular weight is 374 g/mol. The van der Waals surface area contributed by atoms with E-state index in [1.807, 2.05) is 0 Å². The summed E-state index contributed by atoms with van der Waals surface area (Å²) in [4.78, 5) is 35.5. The van der Waals surface area contributed by atoms with Gasteiger partial charge in [0.2, 0.25) is 17.1 Å². The molecular formula is C17H14N2O8. The lowest BCUT2D eigenvalue weighted by molar-refractivity contribution is -0.385. The van der Waals surface area contributed by atoms with Crippen molar-refractivity contribution in [2.24, 2.45) is 5.73 Å². The molecule has 0 radical (unpaired) electrons. The van der Waals surface area contributed by atoms with Crippen molar-refractivity contribution in [3.63, 3.8) is 0 Å². The molecule has 1 aromatic carbocycles. The molecule has 0 unspecified atom stereocenters. The SMILES string of the molecule is COC(=O)C1=C(N)Oc2c(oc(CO)cc2=O)[C@@H]1c1ccccc1[N+](=O)[O-]. The number of carbonyl (C=O) groups excluding carboxylic acids is 1. The van der Waals surface area contributed by atoms with Crippen LogP contribution in [-0.4, -0.2) is 23.1 Å². The zero-order chi connectivity index (χ0) is 19.7. The number of aliphatic hydroxyl groups excluding tert-OH is 1. The number of rotatable bonds is 4. The van der Waals surface area contributed by atoms with E-state index >= 15 is 0 Å². The summed E-state index contributed by atoms with van der Waals surface area (Å²) in [5, 5.41) is 20.8. The number of fused-ring (bicyclic) bond motifs is 1. The number of nitrogens with zero attached hydrogens (tertiary/aromatic N) is 1. The monoisotopic (exact) mass is 374 g/mol. The molecule has 2 heterocycles. The van der Waals surface area contributed by atoms with Crippen LogP contribution in [-0.2, 0) is 16.1 Å². The maximum Gasteiger partial charge on any atom is 0.340 e. The van der Waals surface area contributed by atoms with Crippen molar-refractivity contribution in [2.45, 2.75) is 12.5 Å². The van der Waals surface area contributed by atoms with Gasteiger partial charge < -0.3 is 24.7 Å². The number of nitro benzene ring substituents is 1. The standard InChI is InChI=1S/C17H14N2O8/c1-25-17(22)13-12(9-4-2-3-5-10(9)19(23)24)15-14(27-16(13)18)11(21)6-8(7-20)26-15/h2-6,12,20H,7,18H2,1H3/t12-/m1/s1. The van der Waals surface area contributed by atoms with E-state index < -0.39 is 34.7 Å². The zero-order valence-electron chi connectivity index (χ0n) is 14.0. The third-order valence-corrected chi connectivity index (χ3v) is 4.01. The molecule has 0 saturated heterocycles. The molecule has 140 valence electrons. The average Bonchev–Trinajstić information content (AvgIpc) is 2.66. The van der Waals surface area contributed by atoms with Crippen LogP contribution in [0.25, 0.3) is 0 Å². The number of aliphatic hydroxyl groups is 1. The predicted molar refractivity (Wildman–Crippen MR) is 89.7 cm³/mol. The van der Waals surface area contributed by atoms with Gasteiger partial charge in [-0.3, -0.25) is 14.9 Å². The van der Waals surface area contributed by atoms with Crippen LogP contribution in [0.5, 0.6) is 5.75 Å². The van der Waals surface area contributed by atoms with Crippen LogP contribution in [0.1, 0.15) is 23.0 Å². The highest BCUT2D eigenvalue weighted by Gasteiger charge is 2.41. The summed E-state index contributed by atoms with van der Waals surface area (Å²) >= 11 is 0. The minimum absolute atomic E-state index is 0.0497. The van der Waals surface area contributed by atoms with E-state index in [4.69, 9.17) is 19.6 Å². The molecule has 1 aromatic heterocycles. The molecule has 1 aliphatic rings. The maximum atomic E-state index is 12.3. The Bertz CT molecular complexity index is 1020. The number of hydrogen-bond donors (Lipinski definition) is 2. The molecule has 0 aliphatic carbocycles. The number of esters is 1. The summed E-state index contributed by atoms with van der Waals surface area (Å²) in [5.41, 5.74) is 4.64. The van der Waals surface area contributed by atoms with Gasteiger partial charge >= 0.3 is 5.97 Å². The lowest BCUT2D eigenvalue weighted by Crippen LogP contribution is -2.30. The Kier molecular flexibility index (Phi) is 4.65. The Morgan fingerprint density at radius 2 is 2.11 bits per heavy atom. The van der Waals surface area contributed by atoms with E-state index in [9.17, 15) is 24.8 Å². The molecule has 1 atom stereocenters. The lowest BCUT2D eigenvalue weighted by Gasteiger charge is -2.26. The van der Waals surface area contributed by atoms with Crippen molar-refractivity contribution in [3.8, 4) is 5.75 Å². The third-order valence-electron chi connectivity index (χ3n) is 4.01. The van der Waals surface area contributed by atoms with Crippen molar-refractivity contribution >= 4 is 11.7 Å². The van der Waals surface area contributed by atoms with Crippen molar-refractivity contribution in [1.29, 1.82) is 0 Å². The highest BCUT2D eigenvalue weighted by atomic mass is 16.6. The highest BCUT2D eigenvalue weighted by Crippen LogP contribution is 2.44. The first-order valence-corrected chi connectivity index (χ1v) is 7.66. The summed E-state index contributed by atoms with van der Waals surface area (Å²) in [5.74, 6) is -3.17. The summed E-state index contributed by atoms with van der Waals surface area (Å²) in [6.07, 6.45) is 0. The second-order valence-electron chi connectivity index (χ2n) is 5.55. The molecule has 3 rings (SSSR count). The van der Waals surface area contributed by atoms with Gasteiger partial charge in [-0.25, -0.2) is 4.79 Å². The maximum absolute atomic E-state index is 12.3. The molecule has 3 N–H and O–H groups in total. The summed E-state index contributed by atoms with van der Waals surface area (Å²) < 4.78 is 15.5. The first-order valence-electron chi connectivity index (χ1n) is 7.66. The fourth-order valence-electron chi connectivity index (χ4n) is 2.88. The predicted octanol–water partition coefficient (Wildman–Crippen LogP) is 0.908. The van der Waals surface area contributed by atoms with Crippen molar-refractivity contribution in [2.75, 3.05) is 7.11 Å². The van der Waals surface area contributed by atoms with Crippen LogP contribution in [0.2, 0.25) is 0 Å². The van der Waals surface area contributed by atoms with Crippen LogP contribution in [0.3, 0.4) is 0 Å². The summed E-state index contributed by atoms with van der Waals surface area (Å²) in [7, 11) is 1.11. The minimum atomic E-state index is -1.23. The Balaban J connectivity index is 2.38. The van der Waals surface area contributed by atoms with Gasteiger partial charge in [-0.1, -0.05) is 18.2 Å². The van der Waals surface area contributed by atoms with Crippen molar-refractivity contribution < 1.29 is 28.7 Å². The number of methoxy groups -OCH3 is 1. The molecule has 0 amide bonds. The van der Waals surface area contributed by atoms with Gasteiger partial charge in [0.15, 0.2) is 5.76 Å². The normalized spacial score (nSPS) is 15.7. The minimum Gasteiger partial charge on any atom is -0.465 e. The van der Waals surface area contributed by atoms with Gasteiger partial charge in [-0.15, -0.1) is 0 Å². The first kappa shape index (κ1) is 18.1. The molecule has 1 aliphatic heterocycles. The number of carbonyl (C=O) groups is 1. The van der Waals surface area contributed by atoms with E-state index in [0.29, 0.717) is 0 Å². The molecule has 0 saturated carbocycles. The Labute approximate surface area is 151 Å². The number of ether oxygens (including phenoxy) is 2. The Morgan fingerprint density at radius 1 is 1.41 bits per heavy atom. The van der Waals surface area contributed by atoms with Crippen molar-refractivity contribution in [1.82, 2.24) is 0 Å². The Morgan fingerprint density at radius 3 is 2.74 bits per heavy atom. The van der Waals surface area contributed by atoms with Crippen LogP contribution >= 0.6 is 0 Å². The molecule has 0 spiro atoms. The molecule has 27 heavy (non-hydrogen) atoms. The van der Waals surface area contributed by atoms with Gasteiger partial charge in [0.25, 0.3) is 5.69 Å². The summed E-state index contributed by atoms with van der Waals surface area (Å²) in [6, 6.07) is 6.62. The quantitative estimate of drug-likeness (QED) is 0.451. The summed E-state index contributed by atoms with van der Waals surface area (Å²) in [6.45, 7) is -0.598. The van der Waals surface area contributed by atoms with Crippen LogP contribution in [0.15, 0.2) is 51.0 Å². The van der Waals surface area contributed by atoms with Crippen LogP contribution in [0.4, 0.5) is 5.69 Å². The smallest absolute Gasteiger partial charge is 0.340 e. The zero-order valence-corrected chi connectivity index (χ0v) is 14.0. The van der Waals surface area contributed by atoms with E-state index in [0.717, 1.165) is 13.2 Å². The van der Waals surface area contributed by atoms with Crippen molar-refractivity contribution in [3.05, 3.63) is 79.2 Å². The number of hydrogen-bond acceptors (Lipinski definition) is 9. The number of nitrogens with two attached hydrogens (primary N) is 1. The van der Waals surface area contributed by atoms with E-state index in [1.54, 1.807) is 0 Å². The number of para-hydroxylation sites is 1. The van der Waals surface area contributed by atoms with Crippen LogP contribution in [0, 0.1) is 10.1 Å². The second-order valence-corrected chi connectivity index (χ2v) is 5.55. The van der Waals surface area contributed by atoms with E-state index in [2.05, 4.69) is 0 Å². The van der Waals surface area contributed by atoms with Gasteiger partial charge in [0, 0.05) is 17.7 Å². The Hall–Kier alpha value is -3.66. The lowest BCUT2D eigenvalue weighted by atomic mass is 9.85. The van der Waals surface area contributed by atoms with Gasteiger partial charge in [-0.2, -0.15) is 0 Å². The molecule has 0 fully saturated rings. The fourth-order valence-corrected chi connectivity index (χ4v) is 2.88. The third kappa shape index (κ3) is 3.02. The number of benzene rings is 1. The molecule has 2 aromatic rings. The van der Waals surface area contributed by atoms with Crippen LogP contribution < -0.4 is 15.9 Å². The van der Waals surface area contributed by atoms with E-state index in [-0.39, 0.29) is 34.1 Å². The van der Waals surface area contributed by atoms with E-state index in [1.165, 1.54) is 24.3 Å². The first-order chi connectivity index (χ1) is 12.9. The molecule has 10 nitrogen and oxygen atoms in total. The fraction of sp³-hybridized carbons (Fsp3) is 0.176. The van der Waals surface area contributed by atoms with Gasteiger partial charge in [-0.05, 0) is 0 Å². The largest absolute Gasteiger partial charge is 0.465 e. The molecular weight excluding hydrogens is 360 g/mol. The highest BCUT2D eigenvalue weighted by molar-refractivity contribution is 5.92.